The fraction of sp³-hybridized carbons (Fsp3) is 0.182. The summed E-state index contributed by atoms with van der Waals surface area (Å²) in [5, 5.41) is 10.6. The van der Waals surface area contributed by atoms with Gasteiger partial charge < -0.3 is 9.84 Å². The van der Waals surface area contributed by atoms with E-state index in [0.717, 1.165) is 11.1 Å². The SMILES string of the molecule is C=NN(/C=C(\C)NC(=O)c1cc(-c2ccccn2)on1)Cc1ccc(C(F)(F)F)cc1C(F)(F)F. The second kappa shape index (κ2) is 9.99. The maximum atomic E-state index is 13.4. The van der Waals surface area contributed by atoms with E-state index in [1.165, 1.54) is 25.4 Å². The highest BCUT2D eigenvalue weighted by atomic mass is 19.4. The monoisotopic (exact) mass is 497 g/mol. The summed E-state index contributed by atoms with van der Waals surface area (Å²) in [5.74, 6) is -0.437. The van der Waals surface area contributed by atoms with E-state index in [1.807, 2.05) is 0 Å². The van der Waals surface area contributed by atoms with Crippen LogP contribution in [0.3, 0.4) is 0 Å². The topological polar surface area (TPSA) is 83.6 Å². The van der Waals surface area contributed by atoms with Gasteiger partial charge in [0.1, 0.15) is 5.69 Å². The highest BCUT2D eigenvalue weighted by Gasteiger charge is 2.38. The first-order valence-corrected chi connectivity index (χ1v) is 9.77. The molecule has 184 valence electrons. The van der Waals surface area contributed by atoms with E-state index in [-0.39, 0.29) is 23.2 Å². The molecule has 3 rings (SSSR count). The van der Waals surface area contributed by atoms with E-state index < -0.39 is 41.5 Å². The number of rotatable bonds is 7. The van der Waals surface area contributed by atoms with Crippen LogP contribution in [-0.2, 0) is 18.9 Å². The Morgan fingerprint density at radius 2 is 1.89 bits per heavy atom. The fourth-order valence-electron chi connectivity index (χ4n) is 2.98. The zero-order chi connectivity index (χ0) is 25.8. The van der Waals surface area contributed by atoms with E-state index in [2.05, 4.69) is 27.3 Å². The van der Waals surface area contributed by atoms with Crippen LogP contribution in [0.5, 0.6) is 0 Å². The van der Waals surface area contributed by atoms with Gasteiger partial charge in [-0.2, -0.15) is 31.4 Å². The molecule has 1 N–H and O–H groups in total. The number of nitrogens with zero attached hydrogens (tertiary/aromatic N) is 4. The highest BCUT2D eigenvalue weighted by Crippen LogP contribution is 2.37. The Hall–Kier alpha value is -4.16. The Morgan fingerprint density at radius 1 is 1.14 bits per heavy atom. The summed E-state index contributed by atoms with van der Waals surface area (Å²) in [4.78, 5) is 16.5. The number of nitrogens with one attached hydrogen (secondary N) is 1. The number of hydrazone groups is 1. The van der Waals surface area contributed by atoms with Crippen LogP contribution in [0, 0.1) is 0 Å². The van der Waals surface area contributed by atoms with Crippen LogP contribution in [0.2, 0.25) is 0 Å². The molecule has 0 spiro atoms. The van der Waals surface area contributed by atoms with Crippen LogP contribution in [-0.4, -0.2) is 27.8 Å². The number of hydrogen-bond acceptors (Lipinski definition) is 6. The molecule has 7 nitrogen and oxygen atoms in total. The lowest BCUT2D eigenvalue weighted by molar-refractivity contribution is -0.143. The molecule has 2 aromatic heterocycles. The number of halogens is 6. The van der Waals surface area contributed by atoms with Gasteiger partial charge >= 0.3 is 12.4 Å². The van der Waals surface area contributed by atoms with Crippen LogP contribution in [0.1, 0.15) is 34.1 Å². The van der Waals surface area contributed by atoms with Crippen molar-refractivity contribution in [3.05, 3.63) is 82.9 Å². The molecule has 3 aromatic rings. The van der Waals surface area contributed by atoms with E-state index in [9.17, 15) is 31.1 Å². The number of amides is 1. The van der Waals surface area contributed by atoms with Crippen molar-refractivity contribution in [2.24, 2.45) is 5.10 Å². The average Bonchev–Trinajstić information content (AvgIpc) is 3.28. The lowest BCUT2D eigenvalue weighted by atomic mass is 10.0. The Bertz CT molecular complexity index is 1240. The Balaban J connectivity index is 1.76. The summed E-state index contributed by atoms with van der Waals surface area (Å²) in [7, 11) is 0. The van der Waals surface area contributed by atoms with Crippen LogP contribution in [0.15, 0.2) is 70.2 Å². The third kappa shape index (κ3) is 6.46. The summed E-state index contributed by atoms with van der Waals surface area (Å²) >= 11 is 0. The second-order valence-corrected chi connectivity index (χ2v) is 7.16. The van der Waals surface area contributed by atoms with E-state index in [0.29, 0.717) is 11.8 Å². The van der Waals surface area contributed by atoms with E-state index in [4.69, 9.17) is 4.52 Å². The van der Waals surface area contributed by atoms with Crippen LogP contribution in [0.4, 0.5) is 26.3 Å². The Kier molecular flexibility index (Phi) is 7.27. The van der Waals surface area contributed by atoms with Crippen molar-refractivity contribution in [2.75, 3.05) is 0 Å². The number of allylic oxidation sites excluding steroid dienone is 1. The van der Waals surface area contributed by atoms with Crippen molar-refractivity contribution >= 4 is 12.6 Å². The summed E-state index contributed by atoms with van der Waals surface area (Å²) in [6.45, 7) is 4.12. The molecule has 0 bridgehead atoms. The number of pyridine rings is 1. The summed E-state index contributed by atoms with van der Waals surface area (Å²) < 4.78 is 83.9. The molecule has 0 aliphatic rings. The molecule has 0 unspecified atom stereocenters. The van der Waals surface area contributed by atoms with Crippen molar-refractivity contribution < 1.29 is 35.7 Å². The van der Waals surface area contributed by atoms with Gasteiger partial charge in [-0.1, -0.05) is 17.3 Å². The van der Waals surface area contributed by atoms with Gasteiger partial charge in [-0.15, -0.1) is 0 Å². The first kappa shape index (κ1) is 25.5. The highest BCUT2D eigenvalue weighted by molar-refractivity contribution is 5.94. The molecule has 2 heterocycles. The molecule has 0 aliphatic carbocycles. The van der Waals surface area contributed by atoms with Crippen LogP contribution in [0.25, 0.3) is 11.5 Å². The molecule has 0 radical (unpaired) electrons. The maximum absolute atomic E-state index is 13.4. The van der Waals surface area contributed by atoms with Gasteiger partial charge in [0.25, 0.3) is 5.91 Å². The predicted octanol–water partition coefficient (Wildman–Crippen LogP) is 5.48. The minimum atomic E-state index is -5.03. The largest absolute Gasteiger partial charge is 0.416 e. The van der Waals surface area contributed by atoms with E-state index >= 15 is 0 Å². The first-order valence-electron chi connectivity index (χ1n) is 9.77. The molecule has 0 atom stereocenters. The number of aromatic nitrogens is 2. The van der Waals surface area contributed by atoms with Crippen molar-refractivity contribution in [2.45, 2.75) is 25.8 Å². The molecule has 1 aromatic carbocycles. The van der Waals surface area contributed by atoms with Gasteiger partial charge in [-0.25, -0.2) is 0 Å². The first-order chi connectivity index (χ1) is 16.4. The van der Waals surface area contributed by atoms with Crippen LogP contribution < -0.4 is 5.32 Å². The molecule has 0 saturated heterocycles. The average molecular weight is 497 g/mol. The number of carbonyl (C=O) groups is 1. The molecule has 0 saturated carbocycles. The maximum Gasteiger partial charge on any atom is 0.416 e. The van der Waals surface area contributed by atoms with Crippen molar-refractivity contribution in [3.63, 3.8) is 0 Å². The standard InChI is InChI=1S/C22H17F6N5O2/c1-13(31-20(34)18-10-19(35-32-18)17-5-3-4-8-30-17)11-33(29-2)12-14-6-7-15(21(23,24)25)9-16(14)22(26,27)28/h3-11H,2,12H2,1H3,(H,31,34)/b13-11+. The van der Waals surface area contributed by atoms with Gasteiger partial charge in [0.05, 0.1) is 17.7 Å². The van der Waals surface area contributed by atoms with Crippen molar-refractivity contribution in [1.82, 2.24) is 20.5 Å². The fourth-order valence-corrected chi connectivity index (χ4v) is 2.98. The molecule has 13 heteroatoms. The summed E-state index contributed by atoms with van der Waals surface area (Å²) in [6, 6.07) is 7.73. The summed E-state index contributed by atoms with van der Waals surface area (Å²) in [5.41, 5.74) is -2.84. The zero-order valence-corrected chi connectivity index (χ0v) is 18.0. The number of alkyl halides is 6. The third-order valence-electron chi connectivity index (χ3n) is 4.57. The number of hydrogen-bond donors (Lipinski definition) is 1. The number of carbonyl (C=O) groups excluding carboxylic acids is 1. The lowest BCUT2D eigenvalue weighted by Gasteiger charge is -2.20. The second-order valence-electron chi connectivity index (χ2n) is 7.16. The Morgan fingerprint density at radius 3 is 2.49 bits per heavy atom. The van der Waals surface area contributed by atoms with Crippen LogP contribution >= 0.6 is 0 Å². The van der Waals surface area contributed by atoms with E-state index in [1.54, 1.807) is 18.2 Å². The third-order valence-corrected chi connectivity index (χ3v) is 4.57. The zero-order valence-electron chi connectivity index (χ0n) is 18.0. The Labute approximate surface area is 194 Å². The number of benzene rings is 1. The van der Waals surface area contributed by atoms with Crippen molar-refractivity contribution in [1.29, 1.82) is 0 Å². The molecule has 35 heavy (non-hydrogen) atoms. The van der Waals surface area contributed by atoms with Gasteiger partial charge in [0, 0.05) is 30.9 Å². The van der Waals surface area contributed by atoms with Gasteiger partial charge in [0.15, 0.2) is 11.5 Å². The minimum absolute atomic E-state index is 0.0404. The predicted molar refractivity (Wildman–Crippen MR) is 112 cm³/mol. The minimum Gasteiger partial charge on any atom is -0.354 e. The lowest BCUT2D eigenvalue weighted by Crippen LogP contribution is -2.24. The van der Waals surface area contributed by atoms with Gasteiger partial charge in [-0.05, 0) is 36.8 Å². The molecular formula is C22H17F6N5O2. The molecular weight excluding hydrogens is 480 g/mol. The van der Waals surface area contributed by atoms with Gasteiger partial charge in [0.2, 0.25) is 0 Å². The quantitative estimate of drug-likeness (QED) is 0.265. The molecule has 1 amide bonds. The smallest absolute Gasteiger partial charge is 0.354 e. The normalized spacial score (nSPS) is 12.4. The summed E-state index contributed by atoms with van der Waals surface area (Å²) in [6.07, 6.45) is -7.27. The molecule has 0 aliphatic heterocycles. The molecule has 0 fully saturated rings. The van der Waals surface area contributed by atoms with Gasteiger partial charge in [-0.3, -0.25) is 14.8 Å². The van der Waals surface area contributed by atoms with Crippen molar-refractivity contribution in [3.8, 4) is 11.5 Å².